The smallest absolute Gasteiger partial charge is 0.293 e. The predicted octanol–water partition coefficient (Wildman–Crippen LogP) is 1.39. The Balaban J connectivity index is 3.11. The summed E-state index contributed by atoms with van der Waals surface area (Å²) in [5.74, 6) is 0.523. The number of anilines is 1. The van der Waals surface area contributed by atoms with Crippen molar-refractivity contribution in [2.45, 2.75) is 19.9 Å². The van der Waals surface area contributed by atoms with Crippen LogP contribution >= 0.6 is 15.9 Å². The minimum Gasteiger partial charge on any atom is -0.349 e. The molecule has 0 radical (unpaired) electrons. The second-order valence-corrected chi connectivity index (χ2v) is 4.44. The third kappa shape index (κ3) is 2.81. The number of halogens is 1. The lowest BCUT2D eigenvalue weighted by molar-refractivity contribution is 0.681. The van der Waals surface area contributed by atoms with E-state index in [0.717, 1.165) is 11.9 Å². The summed E-state index contributed by atoms with van der Waals surface area (Å²) < 4.78 is 1.55. The minimum atomic E-state index is -0.0489. The highest BCUT2D eigenvalue weighted by Crippen LogP contribution is 2.08. The number of hydrogen-bond donors (Lipinski definition) is 0. The van der Waals surface area contributed by atoms with Crippen LogP contribution in [0.25, 0.3) is 0 Å². The molecule has 84 valence electrons. The first-order valence-electron chi connectivity index (χ1n) is 4.92. The van der Waals surface area contributed by atoms with Crippen LogP contribution in [0.1, 0.15) is 13.8 Å². The lowest BCUT2D eigenvalue weighted by Gasteiger charge is -2.26. The van der Waals surface area contributed by atoms with E-state index in [1.165, 1.54) is 0 Å². The van der Waals surface area contributed by atoms with Crippen molar-refractivity contribution >= 4 is 21.7 Å². The molecule has 1 aromatic rings. The van der Waals surface area contributed by atoms with Crippen LogP contribution in [0.4, 0.5) is 5.82 Å². The fraction of sp³-hybridized carbons (Fsp3) is 0.600. The average Bonchev–Trinajstić information content (AvgIpc) is 2.19. The first-order chi connectivity index (χ1) is 7.07. The fourth-order valence-electron chi connectivity index (χ4n) is 1.38. The lowest BCUT2D eigenvalue weighted by Crippen LogP contribution is -2.38. The molecule has 0 saturated heterocycles. The van der Waals surface area contributed by atoms with Crippen molar-refractivity contribution in [3.05, 3.63) is 22.7 Å². The van der Waals surface area contributed by atoms with Gasteiger partial charge in [0.15, 0.2) is 5.82 Å². The molecule has 0 fully saturated rings. The van der Waals surface area contributed by atoms with E-state index in [2.05, 4.69) is 34.8 Å². The molecular formula is C10H16BrN3O. The summed E-state index contributed by atoms with van der Waals surface area (Å²) in [6.07, 6.45) is 3.32. The van der Waals surface area contributed by atoms with E-state index in [9.17, 15) is 4.79 Å². The quantitative estimate of drug-likeness (QED) is 0.779. The van der Waals surface area contributed by atoms with Gasteiger partial charge in [0, 0.05) is 37.4 Å². The van der Waals surface area contributed by atoms with E-state index < -0.39 is 0 Å². The van der Waals surface area contributed by atoms with Gasteiger partial charge >= 0.3 is 0 Å². The molecule has 15 heavy (non-hydrogen) atoms. The van der Waals surface area contributed by atoms with E-state index in [-0.39, 0.29) is 11.6 Å². The molecule has 1 rings (SSSR count). The Kier molecular flexibility index (Phi) is 4.32. The Hall–Kier alpha value is -0.840. The van der Waals surface area contributed by atoms with Crippen LogP contribution in [-0.4, -0.2) is 27.5 Å². The van der Waals surface area contributed by atoms with Crippen molar-refractivity contribution in [1.29, 1.82) is 0 Å². The first-order valence-corrected chi connectivity index (χ1v) is 6.04. The molecule has 0 aliphatic heterocycles. The molecular weight excluding hydrogens is 258 g/mol. The van der Waals surface area contributed by atoms with Crippen LogP contribution in [0.3, 0.4) is 0 Å². The van der Waals surface area contributed by atoms with Crippen molar-refractivity contribution in [3.63, 3.8) is 0 Å². The Labute approximate surface area is 98.1 Å². The van der Waals surface area contributed by atoms with Gasteiger partial charge in [0.1, 0.15) is 0 Å². The zero-order valence-electron chi connectivity index (χ0n) is 9.27. The summed E-state index contributed by atoms with van der Waals surface area (Å²) in [6, 6.07) is 0.269. The van der Waals surface area contributed by atoms with Gasteiger partial charge in [-0.05, 0) is 13.8 Å². The normalized spacial score (nSPS) is 10.7. The molecule has 0 spiro atoms. The summed E-state index contributed by atoms with van der Waals surface area (Å²) in [5, 5.41) is 0.824. The van der Waals surface area contributed by atoms with Crippen molar-refractivity contribution in [1.82, 2.24) is 9.55 Å². The van der Waals surface area contributed by atoms with Crippen LogP contribution in [0.2, 0.25) is 0 Å². The van der Waals surface area contributed by atoms with Gasteiger partial charge in [-0.2, -0.15) is 0 Å². The number of rotatable bonds is 4. The Morgan fingerprint density at radius 2 is 2.27 bits per heavy atom. The van der Waals surface area contributed by atoms with Crippen molar-refractivity contribution in [2.75, 3.05) is 16.8 Å². The fourth-order valence-corrected chi connectivity index (χ4v) is 1.76. The van der Waals surface area contributed by atoms with Gasteiger partial charge in [-0.1, -0.05) is 15.9 Å². The molecule has 1 aromatic heterocycles. The Bertz CT molecular complexity index is 375. The van der Waals surface area contributed by atoms with Gasteiger partial charge < -0.3 is 9.47 Å². The molecule has 0 aromatic carbocycles. The van der Waals surface area contributed by atoms with Crippen molar-refractivity contribution in [2.24, 2.45) is 7.05 Å². The third-order valence-electron chi connectivity index (χ3n) is 2.22. The number of alkyl halides is 1. The Morgan fingerprint density at radius 1 is 1.60 bits per heavy atom. The van der Waals surface area contributed by atoms with Gasteiger partial charge in [0.25, 0.3) is 5.56 Å². The molecule has 0 saturated carbocycles. The Morgan fingerprint density at radius 3 is 2.80 bits per heavy atom. The molecule has 0 aliphatic carbocycles. The third-order valence-corrected chi connectivity index (χ3v) is 2.57. The molecule has 0 aliphatic rings. The average molecular weight is 274 g/mol. The van der Waals surface area contributed by atoms with E-state index in [0.29, 0.717) is 5.82 Å². The van der Waals surface area contributed by atoms with Crippen LogP contribution in [0.5, 0.6) is 0 Å². The highest BCUT2D eigenvalue weighted by molar-refractivity contribution is 9.09. The summed E-state index contributed by atoms with van der Waals surface area (Å²) in [7, 11) is 1.74. The molecule has 0 unspecified atom stereocenters. The van der Waals surface area contributed by atoms with Gasteiger partial charge in [-0.25, -0.2) is 4.98 Å². The molecule has 0 amide bonds. The van der Waals surface area contributed by atoms with E-state index in [4.69, 9.17) is 0 Å². The summed E-state index contributed by atoms with van der Waals surface area (Å²) in [6.45, 7) is 4.89. The first kappa shape index (κ1) is 12.2. The molecule has 0 atom stereocenters. The zero-order valence-corrected chi connectivity index (χ0v) is 10.9. The highest BCUT2D eigenvalue weighted by atomic mass is 79.9. The molecule has 5 heteroatoms. The number of aromatic nitrogens is 2. The van der Waals surface area contributed by atoms with Gasteiger partial charge in [-0.3, -0.25) is 4.79 Å². The predicted molar refractivity (Wildman–Crippen MR) is 65.8 cm³/mol. The second-order valence-electron chi connectivity index (χ2n) is 3.64. The highest BCUT2D eigenvalue weighted by Gasteiger charge is 2.14. The largest absolute Gasteiger partial charge is 0.349 e. The topological polar surface area (TPSA) is 38.1 Å². The van der Waals surface area contributed by atoms with E-state index in [1.54, 1.807) is 24.0 Å². The SMILES string of the molecule is CC(C)N(CCBr)c1nccn(C)c1=O. The van der Waals surface area contributed by atoms with E-state index >= 15 is 0 Å². The minimum absolute atomic E-state index is 0.0489. The van der Waals surface area contributed by atoms with Crippen LogP contribution in [-0.2, 0) is 7.05 Å². The summed E-state index contributed by atoms with van der Waals surface area (Å²) >= 11 is 3.38. The summed E-state index contributed by atoms with van der Waals surface area (Å²) in [4.78, 5) is 18.0. The molecule has 0 N–H and O–H groups in total. The maximum absolute atomic E-state index is 11.8. The molecule has 4 nitrogen and oxygen atoms in total. The number of aryl methyl sites for hydroxylation is 1. The van der Waals surface area contributed by atoms with Gasteiger partial charge in [0.05, 0.1) is 0 Å². The zero-order chi connectivity index (χ0) is 11.4. The van der Waals surface area contributed by atoms with Gasteiger partial charge in [0.2, 0.25) is 0 Å². The number of nitrogens with zero attached hydrogens (tertiary/aromatic N) is 3. The van der Waals surface area contributed by atoms with Crippen molar-refractivity contribution in [3.8, 4) is 0 Å². The van der Waals surface area contributed by atoms with E-state index in [1.807, 2.05) is 4.90 Å². The second kappa shape index (κ2) is 5.30. The maximum Gasteiger partial charge on any atom is 0.293 e. The van der Waals surface area contributed by atoms with Crippen molar-refractivity contribution < 1.29 is 0 Å². The maximum atomic E-state index is 11.8. The van der Waals surface area contributed by atoms with Crippen LogP contribution in [0.15, 0.2) is 17.2 Å². The molecule has 1 heterocycles. The molecule has 0 bridgehead atoms. The monoisotopic (exact) mass is 273 g/mol. The van der Waals surface area contributed by atoms with Crippen LogP contribution in [0, 0.1) is 0 Å². The summed E-state index contributed by atoms with van der Waals surface area (Å²) in [5.41, 5.74) is -0.0489. The standard InChI is InChI=1S/C10H16BrN3O/c1-8(2)14(6-4-11)9-10(15)13(3)7-5-12-9/h5,7-8H,4,6H2,1-3H3. The van der Waals surface area contributed by atoms with Crippen LogP contribution < -0.4 is 10.5 Å². The lowest BCUT2D eigenvalue weighted by atomic mass is 10.3. The van der Waals surface area contributed by atoms with Gasteiger partial charge in [-0.15, -0.1) is 0 Å². The number of hydrogen-bond acceptors (Lipinski definition) is 3.